The topological polar surface area (TPSA) is 20.3 Å². The average Bonchev–Trinajstić information content (AvgIpc) is 3.03. The lowest BCUT2D eigenvalue weighted by atomic mass is 9.91. The molecule has 0 N–H and O–H groups in total. The summed E-state index contributed by atoms with van der Waals surface area (Å²) in [6.45, 7) is 6.46. The van der Waals surface area contributed by atoms with E-state index in [9.17, 15) is 4.79 Å². The van der Waals surface area contributed by atoms with Crippen LogP contribution in [-0.2, 0) is 4.79 Å². The van der Waals surface area contributed by atoms with E-state index in [4.69, 9.17) is 0 Å². The molecular formula is C13H23NO. The summed E-state index contributed by atoms with van der Waals surface area (Å²) in [5.41, 5.74) is -0.205. The van der Waals surface area contributed by atoms with E-state index in [1.165, 1.54) is 32.1 Å². The zero-order valence-electron chi connectivity index (χ0n) is 10.1. The van der Waals surface area contributed by atoms with Gasteiger partial charge in [-0.2, -0.15) is 0 Å². The Labute approximate surface area is 93.0 Å². The van der Waals surface area contributed by atoms with Crippen molar-refractivity contribution in [2.45, 2.75) is 57.9 Å². The van der Waals surface area contributed by atoms with E-state index in [1.54, 1.807) is 0 Å². The van der Waals surface area contributed by atoms with Crippen LogP contribution in [0.5, 0.6) is 0 Å². The Morgan fingerprint density at radius 3 is 2.33 bits per heavy atom. The first-order valence-electron chi connectivity index (χ1n) is 6.39. The van der Waals surface area contributed by atoms with Crippen molar-refractivity contribution in [3.63, 3.8) is 0 Å². The van der Waals surface area contributed by atoms with Gasteiger partial charge in [0.05, 0.1) is 5.54 Å². The molecule has 0 spiro atoms. The minimum atomic E-state index is -0.205. The molecule has 1 saturated carbocycles. The standard InChI is InChI=1S/C13H23NO/c1-13(2,12(15)10-11-6-7-11)14-8-4-3-5-9-14/h11H,3-10H2,1-2H3. The summed E-state index contributed by atoms with van der Waals surface area (Å²) >= 11 is 0. The molecule has 0 amide bonds. The van der Waals surface area contributed by atoms with Crippen LogP contribution < -0.4 is 0 Å². The molecule has 1 heterocycles. The number of carbonyl (C=O) groups is 1. The number of rotatable bonds is 4. The van der Waals surface area contributed by atoms with Crippen molar-refractivity contribution < 1.29 is 4.79 Å². The minimum absolute atomic E-state index is 0.205. The van der Waals surface area contributed by atoms with Crippen molar-refractivity contribution in [3.05, 3.63) is 0 Å². The van der Waals surface area contributed by atoms with Gasteiger partial charge in [0.25, 0.3) is 0 Å². The van der Waals surface area contributed by atoms with Gasteiger partial charge < -0.3 is 0 Å². The maximum absolute atomic E-state index is 12.2. The first kappa shape index (κ1) is 11.1. The largest absolute Gasteiger partial charge is 0.298 e. The van der Waals surface area contributed by atoms with Gasteiger partial charge in [0.2, 0.25) is 0 Å². The molecule has 0 radical (unpaired) electrons. The zero-order valence-corrected chi connectivity index (χ0v) is 10.1. The second-order valence-corrected chi connectivity index (χ2v) is 5.68. The Morgan fingerprint density at radius 2 is 1.80 bits per heavy atom. The Bertz CT molecular complexity index is 237. The molecule has 1 aliphatic carbocycles. The normalized spacial score (nSPS) is 24.1. The lowest BCUT2D eigenvalue weighted by Crippen LogP contribution is -2.52. The summed E-state index contributed by atoms with van der Waals surface area (Å²) in [5.74, 6) is 1.19. The SMILES string of the molecule is CC(C)(C(=O)CC1CC1)N1CCCCC1. The van der Waals surface area contributed by atoms with Gasteiger partial charge >= 0.3 is 0 Å². The third-order valence-corrected chi connectivity index (χ3v) is 4.00. The molecule has 0 aromatic heterocycles. The van der Waals surface area contributed by atoms with Gasteiger partial charge in [0.15, 0.2) is 5.78 Å². The molecule has 2 rings (SSSR count). The van der Waals surface area contributed by atoms with Gasteiger partial charge in [0, 0.05) is 6.42 Å². The van der Waals surface area contributed by atoms with Crippen LogP contribution >= 0.6 is 0 Å². The Morgan fingerprint density at radius 1 is 1.20 bits per heavy atom. The molecule has 2 aliphatic rings. The maximum Gasteiger partial charge on any atom is 0.152 e. The van der Waals surface area contributed by atoms with Crippen LogP contribution in [0, 0.1) is 5.92 Å². The van der Waals surface area contributed by atoms with Crippen LogP contribution in [0.3, 0.4) is 0 Å². The molecule has 1 aliphatic heterocycles. The third kappa shape index (κ3) is 2.60. The summed E-state index contributed by atoms with van der Waals surface area (Å²) in [4.78, 5) is 14.6. The summed E-state index contributed by atoms with van der Waals surface area (Å²) in [5, 5.41) is 0. The molecule has 2 fully saturated rings. The Hall–Kier alpha value is -0.370. The number of hydrogen-bond acceptors (Lipinski definition) is 2. The molecule has 1 saturated heterocycles. The average molecular weight is 209 g/mol. The molecule has 0 bridgehead atoms. The fourth-order valence-corrected chi connectivity index (χ4v) is 2.46. The molecule has 15 heavy (non-hydrogen) atoms. The lowest BCUT2D eigenvalue weighted by molar-refractivity contribution is -0.130. The number of ketones is 1. The van der Waals surface area contributed by atoms with E-state index in [0.717, 1.165) is 25.4 Å². The van der Waals surface area contributed by atoms with E-state index >= 15 is 0 Å². The van der Waals surface area contributed by atoms with Crippen molar-refractivity contribution in [2.24, 2.45) is 5.92 Å². The van der Waals surface area contributed by atoms with E-state index in [0.29, 0.717) is 5.78 Å². The predicted molar refractivity (Wildman–Crippen MR) is 61.9 cm³/mol. The molecule has 0 aromatic carbocycles. The smallest absolute Gasteiger partial charge is 0.152 e. The summed E-state index contributed by atoms with van der Waals surface area (Å²) in [6.07, 6.45) is 7.25. The van der Waals surface area contributed by atoms with Gasteiger partial charge in [-0.1, -0.05) is 6.42 Å². The second kappa shape index (κ2) is 4.25. The van der Waals surface area contributed by atoms with Gasteiger partial charge in [-0.05, 0) is 58.5 Å². The maximum atomic E-state index is 12.2. The van der Waals surface area contributed by atoms with Gasteiger partial charge in [-0.3, -0.25) is 9.69 Å². The van der Waals surface area contributed by atoms with E-state index in [2.05, 4.69) is 18.7 Å². The fourth-order valence-electron chi connectivity index (χ4n) is 2.46. The highest BCUT2D eigenvalue weighted by atomic mass is 16.1. The van der Waals surface area contributed by atoms with Crippen LogP contribution in [0.15, 0.2) is 0 Å². The number of hydrogen-bond donors (Lipinski definition) is 0. The lowest BCUT2D eigenvalue weighted by Gasteiger charge is -2.39. The van der Waals surface area contributed by atoms with Crippen LogP contribution in [0.4, 0.5) is 0 Å². The molecule has 0 atom stereocenters. The van der Waals surface area contributed by atoms with Crippen LogP contribution in [-0.4, -0.2) is 29.3 Å². The second-order valence-electron chi connectivity index (χ2n) is 5.68. The number of likely N-dealkylation sites (tertiary alicyclic amines) is 1. The van der Waals surface area contributed by atoms with Crippen molar-refractivity contribution in [3.8, 4) is 0 Å². The first-order chi connectivity index (χ1) is 7.10. The highest BCUT2D eigenvalue weighted by Gasteiger charge is 2.37. The summed E-state index contributed by atoms with van der Waals surface area (Å²) in [7, 11) is 0. The fraction of sp³-hybridized carbons (Fsp3) is 0.923. The predicted octanol–water partition coefficient (Wildman–Crippen LogP) is 2.62. The van der Waals surface area contributed by atoms with E-state index in [1.807, 2.05) is 0 Å². The van der Waals surface area contributed by atoms with Crippen LogP contribution in [0.1, 0.15) is 52.4 Å². The third-order valence-electron chi connectivity index (χ3n) is 4.00. The summed E-state index contributed by atoms with van der Waals surface area (Å²) < 4.78 is 0. The van der Waals surface area contributed by atoms with Gasteiger partial charge in [-0.25, -0.2) is 0 Å². The van der Waals surface area contributed by atoms with Crippen LogP contribution in [0.2, 0.25) is 0 Å². The van der Waals surface area contributed by atoms with Crippen LogP contribution in [0.25, 0.3) is 0 Å². The van der Waals surface area contributed by atoms with E-state index < -0.39 is 0 Å². The van der Waals surface area contributed by atoms with Crippen molar-refractivity contribution in [2.75, 3.05) is 13.1 Å². The van der Waals surface area contributed by atoms with Crippen molar-refractivity contribution in [1.29, 1.82) is 0 Å². The zero-order chi connectivity index (χ0) is 10.9. The highest BCUT2D eigenvalue weighted by Crippen LogP contribution is 2.35. The number of piperidine rings is 1. The van der Waals surface area contributed by atoms with E-state index in [-0.39, 0.29) is 5.54 Å². The van der Waals surface area contributed by atoms with Gasteiger partial charge in [0.1, 0.15) is 0 Å². The van der Waals surface area contributed by atoms with Gasteiger partial charge in [-0.15, -0.1) is 0 Å². The number of Topliss-reactive ketones (excluding diaryl/α,β-unsaturated/α-hetero) is 1. The Balaban J connectivity index is 1.92. The number of carbonyl (C=O) groups excluding carboxylic acids is 1. The van der Waals surface area contributed by atoms with Crippen molar-refractivity contribution in [1.82, 2.24) is 4.90 Å². The highest BCUT2D eigenvalue weighted by molar-refractivity contribution is 5.88. The quantitative estimate of drug-likeness (QED) is 0.709. The molecule has 86 valence electrons. The first-order valence-corrected chi connectivity index (χ1v) is 6.39. The number of nitrogens with zero attached hydrogens (tertiary/aromatic N) is 1. The summed E-state index contributed by atoms with van der Waals surface area (Å²) in [6, 6.07) is 0. The molecule has 2 heteroatoms. The van der Waals surface area contributed by atoms with Crippen molar-refractivity contribution >= 4 is 5.78 Å². The molecular weight excluding hydrogens is 186 g/mol. The molecule has 2 nitrogen and oxygen atoms in total. The molecule has 0 unspecified atom stereocenters. The monoisotopic (exact) mass is 209 g/mol. The Kier molecular flexibility index (Phi) is 3.15. The minimum Gasteiger partial charge on any atom is -0.298 e. The molecule has 0 aromatic rings.